The van der Waals surface area contributed by atoms with Gasteiger partial charge in [0.15, 0.2) is 0 Å². The monoisotopic (exact) mass is 295 g/mol. The van der Waals surface area contributed by atoms with Crippen molar-refractivity contribution in [3.8, 4) is 16.9 Å². The molecule has 0 unspecified atom stereocenters. The first-order chi connectivity index (χ1) is 8.04. The molecule has 0 saturated carbocycles. The van der Waals surface area contributed by atoms with Crippen LogP contribution in [0.1, 0.15) is 5.56 Å². The number of aromatic nitrogens is 2. The van der Waals surface area contributed by atoms with E-state index in [1.54, 1.807) is 18.0 Å². The zero-order chi connectivity index (χ0) is 12.6. The van der Waals surface area contributed by atoms with Gasteiger partial charge in [-0.1, -0.05) is 0 Å². The number of nitrogens with two attached hydrogens (primary N) is 1. The van der Waals surface area contributed by atoms with Crippen LogP contribution in [-0.4, -0.2) is 16.9 Å². The van der Waals surface area contributed by atoms with E-state index in [0.717, 1.165) is 26.9 Å². The number of anilines is 1. The van der Waals surface area contributed by atoms with Crippen LogP contribution in [0.4, 0.5) is 5.82 Å². The van der Waals surface area contributed by atoms with Gasteiger partial charge in [-0.15, -0.1) is 0 Å². The smallest absolute Gasteiger partial charge is 0.133 e. The summed E-state index contributed by atoms with van der Waals surface area (Å²) in [5, 5.41) is 4.15. The standard InChI is InChI=1S/C12H14BrN3O/c1-7-4-11(17-3)10(13)5-8(7)9-6-15-16(2)12(9)14/h4-6H,14H2,1-3H3. The molecule has 2 aromatic rings. The third-order valence-corrected chi connectivity index (χ3v) is 3.39. The fourth-order valence-electron chi connectivity index (χ4n) is 1.76. The van der Waals surface area contributed by atoms with Gasteiger partial charge in [-0.2, -0.15) is 5.10 Å². The minimum atomic E-state index is 0.658. The number of hydrogen-bond donors (Lipinski definition) is 1. The highest BCUT2D eigenvalue weighted by Gasteiger charge is 2.12. The number of ether oxygens (including phenoxy) is 1. The molecule has 0 radical (unpaired) electrons. The molecule has 17 heavy (non-hydrogen) atoms. The lowest BCUT2D eigenvalue weighted by molar-refractivity contribution is 0.412. The quantitative estimate of drug-likeness (QED) is 0.927. The average Bonchev–Trinajstić information content (AvgIpc) is 2.63. The molecule has 2 N–H and O–H groups in total. The summed E-state index contributed by atoms with van der Waals surface area (Å²) in [6, 6.07) is 3.98. The molecule has 0 aliphatic rings. The number of aryl methyl sites for hydroxylation is 2. The van der Waals surface area contributed by atoms with Crippen LogP contribution in [0.5, 0.6) is 5.75 Å². The maximum atomic E-state index is 5.98. The lowest BCUT2D eigenvalue weighted by Gasteiger charge is -2.10. The van der Waals surface area contributed by atoms with Crippen LogP contribution in [-0.2, 0) is 7.05 Å². The molecule has 0 aliphatic heterocycles. The Morgan fingerprint density at radius 2 is 2.06 bits per heavy atom. The summed E-state index contributed by atoms with van der Waals surface area (Å²) in [5.41, 5.74) is 9.08. The summed E-state index contributed by atoms with van der Waals surface area (Å²) in [6.07, 6.45) is 1.77. The van der Waals surface area contributed by atoms with Crippen LogP contribution in [0.15, 0.2) is 22.8 Å². The first kappa shape index (κ1) is 12.0. The number of halogens is 1. The van der Waals surface area contributed by atoms with Crippen molar-refractivity contribution in [3.05, 3.63) is 28.4 Å². The van der Waals surface area contributed by atoms with Crippen LogP contribution in [0, 0.1) is 6.92 Å². The van der Waals surface area contributed by atoms with Crippen LogP contribution >= 0.6 is 15.9 Å². The van der Waals surface area contributed by atoms with Crippen LogP contribution in [0.25, 0.3) is 11.1 Å². The molecule has 1 aromatic carbocycles. The van der Waals surface area contributed by atoms with Gasteiger partial charge >= 0.3 is 0 Å². The van der Waals surface area contributed by atoms with Gasteiger partial charge in [-0.05, 0) is 46.1 Å². The van der Waals surface area contributed by atoms with E-state index in [1.165, 1.54) is 0 Å². The molecule has 0 amide bonds. The number of nitrogens with zero attached hydrogens (tertiary/aromatic N) is 2. The Morgan fingerprint density at radius 3 is 2.59 bits per heavy atom. The Morgan fingerprint density at radius 1 is 1.35 bits per heavy atom. The summed E-state index contributed by atoms with van der Waals surface area (Å²) < 4.78 is 7.82. The van der Waals surface area contributed by atoms with Gasteiger partial charge in [0.25, 0.3) is 0 Å². The topological polar surface area (TPSA) is 53.1 Å². The van der Waals surface area contributed by atoms with E-state index in [0.29, 0.717) is 5.82 Å². The molecule has 0 saturated heterocycles. The Balaban J connectivity index is 2.60. The molecule has 2 rings (SSSR count). The summed E-state index contributed by atoms with van der Waals surface area (Å²) in [7, 11) is 3.48. The maximum Gasteiger partial charge on any atom is 0.133 e. The van der Waals surface area contributed by atoms with Crippen LogP contribution in [0.2, 0.25) is 0 Å². The van der Waals surface area contributed by atoms with E-state index < -0.39 is 0 Å². The van der Waals surface area contributed by atoms with Crippen molar-refractivity contribution in [2.24, 2.45) is 7.05 Å². The lowest BCUT2D eigenvalue weighted by Crippen LogP contribution is -1.98. The Kier molecular flexibility index (Phi) is 3.11. The molecule has 1 heterocycles. The predicted octanol–water partition coefficient (Wildman–Crippen LogP) is 2.75. The van der Waals surface area contributed by atoms with E-state index >= 15 is 0 Å². The van der Waals surface area contributed by atoms with E-state index in [1.807, 2.05) is 26.1 Å². The summed E-state index contributed by atoms with van der Waals surface area (Å²) >= 11 is 3.48. The molecule has 5 heteroatoms. The number of nitrogen functional groups attached to an aromatic ring is 1. The molecule has 0 fully saturated rings. The van der Waals surface area contributed by atoms with Crippen molar-refractivity contribution in [1.29, 1.82) is 0 Å². The number of methoxy groups -OCH3 is 1. The zero-order valence-corrected chi connectivity index (χ0v) is 11.6. The summed E-state index contributed by atoms with van der Waals surface area (Å²) in [5.74, 6) is 1.47. The molecular weight excluding hydrogens is 282 g/mol. The highest BCUT2D eigenvalue weighted by atomic mass is 79.9. The summed E-state index contributed by atoms with van der Waals surface area (Å²) in [6.45, 7) is 2.02. The molecule has 4 nitrogen and oxygen atoms in total. The van der Waals surface area contributed by atoms with E-state index in [9.17, 15) is 0 Å². The van der Waals surface area contributed by atoms with E-state index in [-0.39, 0.29) is 0 Å². The van der Waals surface area contributed by atoms with Crippen molar-refractivity contribution in [1.82, 2.24) is 9.78 Å². The van der Waals surface area contributed by atoms with Crippen molar-refractivity contribution in [3.63, 3.8) is 0 Å². The van der Waals surface area contributed by atoms with Gasteiger partial charge in [0.05, 0.1) is 17.8 Å². The normalized spacial score (nSPS) is 10.6. The molecule has 0 atom stereocenters. The van der Waals surface area contributed by atoms with Gasteiger partial charge < -0.3 is 10.5 Å². The van der Waals surface area contributed by atoms with Crippen LogP contribution in [0.3, 0.4) is 0 Å². The van der Waals surface area contributed by atoms with Gasteiger partial charge in [0.1, 0.15) is 11.6 Å². The van der Waals surface area contributed by atoms with Gasteiger partial charge in [-0.25, -0.2) is 0 Å². The van der Waals surface area contributed by atoms with E-state index in [4.69, 9.17) is 10.5 Å². The van der Waals surface area contributed by atoms with Crippen molar-refractivity contribution >= 4 is 21.7 Å². The molecule has 0 spiro atoms. The summed E-state index contributed by atoms with van der Waals surface area (Å²) in [4.78, 5) is 0. The second kappa shape index (κ2) is 4.41. The largest absolute Gasteiger partial charge is 0.496 e. The van der Waals surface area contributed by atoms with Crippen LogP contribution < -0.4 is 10.5 Å². The SMILES string of the molecule is COc1cc(C)c(-c2cnn(C)c2N)cc1Br. The van der Waals surface area contributed by atoms with E-state index in [2.05, 4.69) is 21.0 Å². The zero-order valence-electron chi connectivity index (χ0n) is 9.99. The second-order valence-electron chi connectivity index (χ2n) is 3.87. The number of rotatable bonds is 2. The highest BCUT2D eigenvalue weighted by Crippen LogP contribution is 2.35. The predicted molar refractivity (Wildman–Crippen MR) is 72.0 cm³/mol. The average molecular weight is 296 g/mol. The lowest BCUT2D eigenvalue weighted by atomic mass is 10.0. The molecule has 90 valence electrons. The fraction of sp³-hybridized carbons (Fsp3) is 0.250. The van der Waals surface area contributed by atoms with Crippen molar-refractivity contribution in [2.45, 2.75) is 6.92 Å². The number of benzene rings is 1. The Hall–Kier alpha value is -1.49. The molecule has 0 aliphatic carbocycles. The molecule has 0 bridgehead atoms. The first-order valence-electron chi connectivity index (χ1n) is 5.16. The first-order valence-corrected chi connectivity index (χ1v) is 5.96. The highest BCUT2D eigenvalue weighted by molar-refractivity contribution is 9.10. The fourth-order valence-corrected chi connectivity index (χ4v) is 2.26. The second-order valence-corrected chi connectivity index (χ2v) is 4.72. The van der Waals surface area contributed by atoms with Gasteiger partial charge in [0, 0.05) is 12.6 Å². The van der Waals surface area contributed by atoms with Gasteiger partial charge in [0.2, 0.25) is 0 Å². The Bertz CT molecular complexity index is 563. The minimum absolute atomic E-state index is 0.658. The van der Waals surface area contributed by atoms with Gasteiger partial charge in [-0.3, -0.25) is 4.68 Å². The number of hydrogen-bond acceptors (Lipinski definition) is 3. The minimum Gasteiger partial charge on any atom is -0.496 e. The third-order valence-electron chi connectivity index (χ3n) is 2.77. The Labute approximate surface area is 109 Å². The third kappa shape index (κ3) is 2.02. The van der Waals surface area contributed by atoms with Crippen molar-refractivity contribution < 1.29 is 4.74 Å². The molecular formula is C12H14BrN3O. The maximum absolute atomic E-state index is 5.98. The molecule has 1 aromatic heterocycles. The van der Waals surface area contributed by atoms with Crippen molar-refractivity contribution in [2.75, 3.05) is 12.8 Å².